The van der Waals surface area contributed by atoms with Crippen molar-refractivity contribution in [3.05, 3.63) is 24.3 Å². The minimum absolute atomic E-state index is 0.170. The topological polar surface area (TPSA) is 149 Å². The quantitative estimate of drug-likeness (QED) is 0.0244. The van der Waals surface area contributed by atoms with E-state index in [-0.39, 0.29) is 19.4 Å². The molecule has 0 saturated carbocycles. The summed E-state index contributed by atoms with van der Waals surface area (Å²) >= 11 is 0. The molecule has 0 aliphatic heterocycles. The molecule has 3 atom stereocenters. The number of phosphoric ester groups is 1. The highest BCUT2D eigenvalue weighted by Gasteiger charge is 2.27. The van der Waals surface area contributed by atoms with Crippen LogP contribution < -0.4 is 0 Å². The van der Waals surface area contributed by atoms with E-state index in [1.54, 1.807) is 0 Å². The maximum atomic E-state index is 12.6. The molecular weight excluding hydrogens is 659 g/mol. The fourth-order valence-corrected chi connectivity index (χ4v) is 6.05. The first-order valence-corrected chi connectivity index (χ1v) is 21.3. The summed E-state index contributed by atoms with van der Waals surface area (Å²) in [5, 5.41) is 18.3. The molecule has 50 heavy (non-hydrogen) atoms. The molecule has 0 amide bonds. The van der Waals surface area contributed by atoms with Crippen molar-refractivity contribution in [2.75, 3.05) is 26.4 Å². The zero-order valence-electron chi connectivity index (χ0n) is 31.6. The van der Waals surface area contributed by atoms with Gasteiger partial charge in [-0.15, -0.1) is 0 Å². The van der Waals surface area contributed by atoms with Crippen molar-refractivity contribution >= 4 is 19.8 Å². The van der Waals surface area contributed by atoms with E-state index in [9.17, 15) is 24.2 Å². The van der Waals surface area contributed by atoms with Crippen LogP contribution in [0.4, 0.5) is 0 Å². The number of aliphatic hydroxyl groups excluding tert-OH is 2. The number of phosphoric acid groups is 1. The Bertz CT molecular complexity index is 894. The predicted molar refractivity (Wildman–Crippen MR) is 201 cm³/mol. The molecule has 0 heterocycles. The number of ether oxygens (including phenoxy) is 2. The number of carbonyl (C=O) groups excluding carboxylic acids is 2. The SMILES string of the molecule is CCCCC/C=C\C/C=C\CCCCCCCC(=O)O[C@H](COC(=O)CCCCCCCCCCCCCC)COP(=O)(O)OC[C@@H](O)CO. The lowest BCUT2D eigenvalue weighted by Crippen LogP contribution is -2.29. The normalized spacial score (nSPS) is 14.3. The van der Waals surface area contributed by atoms with Crippen molar-refractivity contribution in [1.82, 2.24) is 0 Å². The second kappa shape index (κ2) is 35.8. The number of rotatable bonds is 37. The second-order valence-electron chi connectivity index (χ2n) is 13.3. The molecule has 0 aliphatic carbocycles. The molecule has 0 aliphatic rings. The first kappa shape index (κ1) is 48.5. The number of unbranched alkanes of at least 4 members (excludes halogenated alkanes) is 19. The molecule has 0 bridgehead atoms. The Morgan fingerprint density at radius 3 is 1.58 bits per heavy atom. The second-order valence-corrected chi connectivity index (χ2v) is 14.8. The van der Waals surface area contributed by atoms with Crippen LogP contribution in [0.3, 0.4) is 0 Å². The predicted octanol–water partition coefficient (Wildman–Crippen LogP) is 9.83. The Morgan fingerprint density at radius 1 is 0.600 bits per heavy atom. The molecule has 10 nitrogen and oxygen atoms in total. The van der Waals surface area contributed by atoms with E-state index in [2.05, 4.69) is 42.7 Å². The Hall–Kier alpha value is -1.55. The van der Waals surface area contributed by atoms with E-state index in [1.165, 1.54) is 70.6 Å². The van der Waals surface area contributed by atoms with E-state index in [0.29, 0.717) is 12.8 Å². The van der Waals surface area contributed by atoms with E-state index >= 15 is 0 Å². The molecule has 11 heteroatoms. The van der Waals surface area contributed by atoms with E-state index in [4.69, 9.17) is 19.1 Å². The van der Waals surface area contributed by atoms with Crippen LogP contribution in [0.2, 0.25) is 0 Å². The highest BCUT2D eigenvalue weighted by molar-refractivity contribution is 7.47. The van der Waals surface area contributed by atoms with Gasteiger partial charge in [0.2, 0.25) is 0 Å². The van der Waals surface area contributed by atoms with Crippen molar-refractivity contribution in [3.8, 4) is 0 Å². The van der Waals surface area contributed by atoms with Gasteiger partial charge in [-0.05, 0) is 44.9 Å². The third kappa shape index (κ3) is 34.9. The van der Waals surface area contributed by atoms with E-state index in [1.807, 2.05) is 0 Å². The summed E-state index contributed by atoms with van der Waals surface area (Å²) in [4.78, 5) is 34.8. The van der Waals surface area contributed by atoms with Crippen molar-refractivity contribution in [2.24, 2.45) is 0 Å². The molecule has 0 aromatic rings. The van der Waals surface area contributed by atoms with Gasteiger partial charge in [0.15, 0.2) is 6.10 Å². The molecule has 3 N–H and O–H groups in total. The molecule has 0 spiro atoms. The van der Waals surface area contributed by atoms with Gasteiger partial charge in [-0.25, -0.2) is 4.57 Å². The minimum Gasteiger partial charge on any atom is -0.462 e. The summed E-state index contributed by atoms with van der Waals surface area (Å²) in [5.41, 5.74) is 0. The zero-order chi connectivity index (χ0) is 37.0. The van der Waals surface area contributed by atoms with Crippen molar-refractivity contribution < 1.29 is 47.8 Å². The van der Waals surface area contributed by atoms with Crippen molar-refractivity contribution in [1.29, 1.82) is 0 Å². The van der Waals surface area contributed by atoms with Crippen molar-refractivity contribution in [3.63, 3.8) is 0 Å². The standard InChI is InChI=1S/C39H73O10P/c1-3-5-7-9-11-13-15-17-18-19-21-23-25-27-29-31-39(43)49-37(35-48-50(44,45)47-33-36(41)32-40)34-46-38(42)30-28-26-24-22-20-16-14-12-10-8-6-4-2/h11,13,17-18,36-37,40-41H,3-10,12,14-16,19-35H2,1-2H3,(H,44,45)/b13-11-,18-17-/t36-,37+/m0/s1. The molecule has 0 aromatic carbocycles. The number of hydrogen-bond donors (Lipinski definition) is 3. The summed E-state index contributed by atoms with van der Waals surface area (Å²) in [7, 11) is -4.61. The highest BCUT2D eigenvalue weighted by atomic mass is 31.2. The van der Waals surface area contributed by atoms with Crippen LogP contribution in [0.25, 0.3) is 0 Å². The summed E-state index contributed by atoms with van der Waals surface area (Å²) in [6, 6.07) is 0. The number of aliphatic hydroxyl groups is 2. The van der Waals surface area contributed by atoms with Gasteiger partial charge >= 0.3 is 19.8 Å². The zero-order valence-corrected chi connectivity index (χ0v) is 32.5. The molecule has 0 aromatic heterocycles. The van der Waals surface area contributed by atoms with Crippen LogP contribution in [0.15, 0.2) is 24.3 Å². The largest absolute Gasteiger partial charge is 0.472 e. The van der Waals surface area contributed by atoms with Gasteiger partial charge in [0, 0.05) is 12.8 Å². The monoisotopic (exact) mass is 732 g/mol. The lowest BCUT2D eigenvalue weighted by molar-refractivity contribution is -0.161. The Kier molecular flexibility index (Phi) is 34.7. The first-order valence-electron chi connectivity index (χ1n) is 19.8. The Balaban J connectivity index is 4.37. The summed E-state index contributed by atoms with van der Waals surface area (Å²) in [6.07, 6.45) is 32.8. The Labute approximate surface area is 304 Å². The maximum absolute atomic E-state index is 12.6. The summed E-state index contributed by atoms with van der Waals surface area (Å²) < 4.78 is 32.6. The van der Waals surface area contributed by atoms with Gasteiger partial charge in [0.1, 0.15) is 12.7 Å². The first-order chi connectivity index (χ1) is 24.2. The van der Waals surface area contributed by atoms with Crippen LogP contribution in [-0.2, 0) is 32.7 Å². The average molecular weight is 733 g/mol. The average Bonchev–Trinajstić information content (AvgIpc) is 3.10. The molecule has 1 unspecified atom stereocenters. The van der Waals surface area contributed by atoms with Gasteiger partial charge in [-0.3, -0.25) is 18.6 Å². The van der Waals surface area contributed by atoms with Crippen LogP contribution in [0.5, 0.6) is 0 Å². The van der Waals surface area contributed by atoms with Crippen LogP contribution in [-0.4, -0.2) is 65.7 Å². The molecular formula is C39H73O10P. The Morgan fingerprint density at radius 2 is 1.04 bits per heavy atom. The molecule has 0 rings (SSSR count). The fraction of sp³-hybridized carbons (Fsp3) is 0.846. The van der Waals surface area contributed by atoms with Crippen LogP contribution >= 0.6 is 7.82 Å². The molecule has 0 radical (unpaired) electrons. The third-order valence-electron chi connectivity index (χ3n) is 8.36. The number of allylic oxidation sites excluding steroid dienone is 4. The summed E-state index contributed by atoms with van der Waals surface area (Å²) in [6.45, 7) is 2.33. The maximum Gasteiger partial charge on any atom is 0.472 e. The van der Waals surface area contributed by atoms with Crippen molar-refractivity contribution in [2.45, 2.75) is 187 Å². The number of esters is 2. The third-order valence-corrected chi connectivity index (χ3v) is 9.31. The van der Waals surface area contributed by atoms with E-state index < -0.39 is 51.8 Å². The van der Waals surface area contributed by atoms with Gasteiger partial charge < -0.3 is 24.6 Å². The molecule has 294 valence electrons. The minimum atomic E-state index is -4.61. The van der Waals surface area contributed by atoms with Gasteiger partial charge in [0.05, 0.1) is 19.8 Å². The van der Waals surface area contributed by atoms with Gasteiger partial charge in [0.25, 0.3) is 0 Å². The van der Waals surface area contributed by atoms with Crippen LogP contribution in [0.1, 0.15) is 174 Å². The molecule has 0 saturated heterocycles. The van der Waals surface area contributed by atoms with Gasteiger partial charge in [-0.1, -0.05) is 141 Å². The number of carbonyl (C=O) groups is 2. The highest BCUT2D eigenvalue weighted by Crippen LogP contribution is 2.43. The lowest BCUT2D eigenvalue weighted by Gasteiger charge is -2.20. The lowest BCUT2D eigenvalue weighted by atomic mass is 10.0. The number of hydrogen-bond acceptors (Lipinski definition) is 9. The molecule has 0 fully saturated rings. The van der Waals surface area contributed by atoms with Gasteiger partial charge in [-0.2, -0.15) is 0 Å². The summed E-state index contributed by atoms with van der Waals surface area (Å²) in [5.74, 6) is -0.938. The fourth-order valence-electron chi connectivity index (χ4n) is 5.26. The van der Waals surface area contributed by atoms with E-state index in [0.717, 1.165) is 64.2 Å². The van der Waals surface area contributed by atoms with Crippen LogP contribution in [0, 0.1) is 0 Å². The smallest absolute Gasteiger partial charge is 0.462 e.